The maximum atomic E-state index is 11.3. The van der Waals surface area contributed by atoms with E-state index in [1.54, 1.807) is 0 Å². The van der Waals surface area contributed by atoms with Gasteiger partial charge in [-0.3, -0.25) is 0 Å². The number of rotatable bonds is 5. The van der Waals surface area contributed by atoms with Gasteiger partial charge in [-0.2, -0.15) is 0 Å². The van der Waals surface area contributed by atoms with Crippen LogP contribution in [0.5, 0.6) is 0 Å². The summed E-state index contributed by atoms with van der Waals surface area (Å²) >= 11 is 0. The van der Waals surface area contributed by atoms with Crippen molar-refractivity contribution in [3.63, 3.8) is 0 Å². The normalized spacial score (nSPS) is 47.1. The Morgan fingerprint density at radius 3 is 2.50 bits per heavy atom. The van der Waals surface area contributed by atoms with E-state index >= 15 is 0 Å². The van der Waals surface area contributed by atoms with Gasteiger partial charge >= 0.3 is 0 Å². The van der Waals surface area contributed by atoms with Crippen LogP contribution in [0.4, 0.5) is 0 Å². The lowest BCUT2D eigenvalue weighted by atomic mass is 9.46. The van der Waals surface area contributed by atoms with Gasteiger partial charge in [-0.15, -0.1) is 0 Å². The second-order valence-electron chi connectivity index (χ2n) is 12.7. The van der Waals surface area contributed by atoms with Gasteiger partial charge in [-0.05, 0) is 106 Å². The highest BCUT2D eigenvalue weighted by atomic mass is 16.3. The zero-order valence-electron chi connectivity index (χ0n) is 20.0. The Bertz CT molecular complexity index is 664. The van der Waals surface area contributed by atoms with Crippen LogP contribution < -0.4 is 0 Å². The average Bonchev–Trinajstić information content (AvgIpc) is 2.99. The molecule has 9 atom stereocenters. The number of aliphatic hydroxyl groups excluding tert-OH is 2. The Morgan fingerprint density at radius 2 is 1.80 bits per heavy atom. The monoisotopic (exact) mass is 418 g/mol. The van der Waals surface area contributed by atoms with Gasteiger partial charge in [0.2, 0.25) is 0 Å². The van der Waals surface area contributed by atoms with E-state index in [1.807, 2.05) is 13.8 Å². The number of hydrogen-bond donors (Lipinski definition) is 3. The molecule has 0 aromatic heterocycles. The first-order valence-electron chi connectivity index (χ1n) is 12.8. The van der Waals surface area contributed by atoms with E-state index in [4.69, 9.17) is 0 Å². The van der Waals surface area contributed by atoms with E-state index in [9.17, 15) is 15.3 Å². The highest BCUT2D eigenvalue weighted by molar-refractivity contribution is 5.27. The van der Waals surface area contributed by atoms with Crippen LogP contribution in [-0.4, -0.2) is 33.1 Å². The second kappa shape index (κ2) is 7.89. The quantitative estimate of drug-likeness (QED) is 0.519. The summed E-state index contributed by atoms with van der Waals surface area (Å²) in [6.07, 6.45) is 12.6. The van der Waals surface area contributed by atoms with Crippen molar-refractivity contribution in [2.24, 2.45) is 40.4 Å². The van der Waals surface area contributed by atoms with Gasteiger partial charge < -0.3 is 15.3 Å². The van der Waals surface area contributed by atoms with Crippen molar-refractivity contribution in [3.8, 4) is 0 Å². The van der Waals surface area contributed by atoms with Crippen LogP contribution in [0.25, 0.3) is 0 Å². The minimum atomic E-state index is -0.556. The lowest BCUT2D eigenvalue weighted by molar-refractivity contribution is -0.0971. The van der Waals surface area contributed by atoms with Crippen molar-refractivity contribution in [2.45, 2.75) is 117 Å². The first-order chi connectivity index (χ1) is 14.0. The molecule has 0 bridgehead atoms. The summed E-state index contributed by atoms with van der Waals surface area (Å²) in [5.41, 5.74) is 1.31. The van der Waals surface area contributed by atoms with Crippen LogP contribution in [0.2, 0.25) is 0 Å². The molecule has 4 rings (SSSR count). The molecule has 0 aromatic rings. The first kappa shape index (κ1) is 22.8. The minimum absolute atomic E-state index is 0.181. The summed E-state index contributed by atoms with van der Waals surface area (Å²) in [5, 5.41) is 31.6. The third-order valence-electron chi connectivity index (χ3n) is 10.3. The minimum Gasteiger partial charge on any atom is -0.393 e. The maximum Gasteiger partial charge on any atom is 0.0757 e. The third kappa shape index (κ3) is 3.82. The second-order valence-corrected chi connectivity index (χ2v) is 12.7. The fraction of sp³-hybridized carbons (Fsp3) is 0.926. The van der Waals surface area contributed by atoms with Crippen molar-refractivity contribution in [1.29, 1.82) is 0 Å². The van der Waals surface area contributed by atoms with E-state index in [0.29, 0.717) is 29.1 Å². The fourth-order valence-electron chi connectivity index (χ4n) is 8.66. The Kier molecular flexibility index (Phi) is 5.99. The summed E-state index contributed by atoms with van der Waals surface area (Å²) in [6.45, 7) is 11.2. The molecular weight excluding hydrogens is 372 g/mol. The molecule has 4 aliphatic rings. The van der Waals surface area contributed by atoms with E-state index in [2.05, 4.69) is 26.8 Å². The summed E-state index contributed by atoms with van der Waals surface area (Å²) in [7, 11) is 0. The smallest absolute Gasteiger partial charge is 0.0757 e. The summed E-state index contributed by atoms with van der Waals surface area (Å²) in [6, 6.07) is 0. The topological polar surface area (TPSA) is 60.7 Å². The van der Waals surface area contributed by atoms with Gasteiger partial charge in [0, 0.05) is 0 Å². The van der Waals surface area contributed by atoms with Gasteiger partial charge in [0.05, 0.1) is 17.8 Å². The van der Waals surface area contributed by atoms with Gasteiger partial charge in [0.25, 0.3) is 0 Å². The summed E-state index contributed by atoms with van der Waals surface area (Å²) in [4.78, 5) is 0. The van der Waals surface area contributed by atoms with Gasteiger partial charge in [0.1, 0.15) is 0 Å². The van der Waals surface area contributed by atoms with E-state index < -0.39 is 5.60 Å². The van der Waals surface area contributed by atoms with Crippen molar-refractivity contribution < 1.29 is 15.3 Å². The molecule has 0 spiro atoms. The molecule has 4 aliphatic carbocycles. The molecule has 0 aromatic carbocycles. The molecule has 6 unspecified atom stereocenters. The summed E-state index contributed by atoms with van der Waals surface area (Å²) in [5.74, 6) is 3.01. The van der Waals surface area contributed by atoms with Gasteiger partial charge in [-0.25, -0.2) is 0 Å². The molecule has 0 amide bonds. The number of aliphatic hydroxyl groups is 3. The van der Waals surface area contributed by atoms with Crippen molar-refractivity contribution in [3.05, 3.63) is 11.6 Å². The fourth-order valence-corrected chi connectivity index (χ4v) is 8.66. The maximum absolute atomic E-state index is 11.3. The molecule has 0 aliphatic heterocycles. The molecule has 3 heteroatoms. The van der Waals surface area contributed by atoms with Gasteiger partial charge in [0.15, 0.2) is 0 Å². The molecule has 3 saturated carbocycles. The predicted octanol–water partition coefficient (Wildman–Crippen LogP) is 5.47. The highest BCUT2D eigenvalue weighted by Crippen LogP contribution is 2.67. The van der Waals surface area contributed by atoms with Crippen LogP contribution in [0, 0.1) is 40.4 Å². The number of hydrogen-bond acceptors (Lipinski definition) is 3. The van der Waals surface area contributed by atoms with Crippen LogP contribution in [0.3, 0.4) is 0 Å². The standard InChI is InChI=1S/C27H46O3/c1-17(7-6-12-25(2,3)30)20-8-9-21-24-22(11-14-27(20,21)5)26(4)13-10-19(28)15-18(26)16-23(24)29/h16-17,19-24,28-30H,6-15H2,1-5H3/t17-,19?,20?,21+,22?,23-,24?,26?,27?/m1/s1. The molecular formula is C27H46O3. The van der Waals surface area contributed by atoms with Crippen LogP contribution in [0.1, 0.15) is 98.8 Å². The molecule has 0 saturated heterocycles. The molecule has 3 fully saturated rings. The van der Waals surface area contributed by atoms with Crippen molar-refractivity contribution in [2.75, 3.05) is 0 Å². The van der Waals surface area contributed by atoms with E-state index in [0.717, 1.165) is 38.0 Å². The third-order valence-corrected chi connectivity index (χ3v) is 10.3. The molecule has 30 heavy (non-hydrogen) atoms. The van der Waals surface area contributed by atoms with Crippen LogP contribution in [-0.2, 0) is 0 Å². The van der Waals surface area contributed by atoms with Crippen LogP contribution >= 0.6 is 0 Å². The first-order valence-corrected chi connectivity index (χ1v) is 12.8. The van der Waals surface area contributed by atoms with E-state index in [-0.39, 0.29) is 17.6 Å². The lowest BCUT2D eigenvalue weighted by Crippen LogP contribution is -2.54. The average molecular weight is 419 g/mol. The molecule has 0 heterocycles. The molecule has 3 N–H and O–H groups in total. The molecule has 0 radical (unpaired) electrons. The zero-order valence-corrected chi connectivity index (χ0v) is 20.0. The Morgan fingerprint density at radius 1 is 1.07 bits per heavy atom. The zero-order chi connectivity index (χ0) is 21.9. The van der Waals surface area contributed by atoms with E-state index in [1.165, 1.54) is 37.7 Å². The highest BCUT2D eigenvalue weighted by Gasteiger charge is 2.61. The molecule has 3 nitrogen and oxygen atoms in total. The Balaban J connectivity index is 1.52. The van der Waals surface area contributed by atoms with Crippen LogP contribution in [0.15, 0.2) is 11.6 Å². The largest absolute Gasteiger partial charge is 0.393 e. The Hall–Kier alpha value is -0.380. The predicted molar refractivity (Wildman–Crippen MR) is 122 cm³/mol. The van der Waals surface area contributed by atoms with Gasteiger partial charge in [-0.1, -0.05) is 45.3 Å². The van der Waals surface area contributed by atoms with Crippen molar-refractivity contribution >= 4 is 0 Å². The number of fused-ring (bicyclic) bond motifs is 5. The SMILES string of the molecule is C[C@H](CCCC(C)(C)O)C1CC[C@H]2C3C(CCC12C)C1(C)CCC(O)CC1=C[C@H]3O. The Labute approximate surface area is 184 Å². The summed E-state index contributed by atoms with van der Waals surface area (Å²) < 4.78 is 0. The lowest BCUT2D eigenvalue weighted by Gasteiger charge is -2.59. The van der Waals surface area contributed by atoms with Crippen molar-refractivity contribution in [1.82, 2.24) is 0 Å². The molecule has 172 valence electrons.